The Bertz CT molecular complexity index is 1240. The molecule has 3 N–H and O–H groups in total. The van der Waals surface area contributed by atoms with Gasteiger partial charge in [-0.3, -0.25) is 9.59 Å². The minimum Gasteiger partial charge on any atom is -0.455 e. The Morgan fingerprint density at radius 1 is 1.10 bits per heavy atom. The molecule has 9 heteroatoms. The van der Waals surface area contributed by atoms with Crippen molar-refractivity contribution in [1.82, 2.24) is 0 Å². The molecule has 4 aliphatic rings. The third-order valence-corrected chi connectivity index (χ3v) is 10.4. The number of carbonyl (C=O) groups is 3. The topological polar surface area (TPSA) is 140 Å². The number of ketones is 1. The van der Waals surface area contributed by atoms with E-state index in [1.165, 1.54) is 6.92 Å². The summed E-state index contributed by atoms with van der Waals surface area (Å²) in [6.07, 6.45) is -4.70. The highest BCUT2D eigenvalue weighted by molar-refractivity contribution is 5.93. The van der Waals surface area contributed by atoms with Crippen molar-refractivity contribution in [2.24, 2.45) is 22.7 Å². The van der Waals surface area contributed by atoms with E-state index in [1.807, 2.05) is 6.92 Å². The number of rotatable bonds is 3. The molecule has 5 rings (SSSR count). The molecular weight excluding hydrogens is 504 g/mol. The third-order valence-electron chi connectivity index (χ3n) is 10.4. The molecule has 1 aliphatic heterocycles. The van der Waals surface area contributed by atoms with E-state index in [-0.39, 0.29) is 24.2 Å². The number of Topliss-reactive ketones (excluding diaryl/α,β-unsaturated/α-hetero) is 1. The highest BCUT2D eigenvalue weighted by Crippen LogP contribution is 2.65. The number of carbonyl (C=O) groups excluding carboxylic acids is 3. The van der Waals surface area contributed by atoms with Crippen LogP contribution >= 0.6 is 0 Å². The van der Waals surface area contributed by atoms with E-state index in [2.05, 4.69) is 0 Å². The Labute approximate surface area is 228 Å². The lowest BCUT2D eigenvalue weighted by Crippen LogP contribution is -2.80. The number of aliphatic hydroxyl groups excluding tert-OH is 2. The Morgan fingerprint density at radius 2 is 1.74 bits per heavy atom. The van der Waals surface area contributed by atoms with Crippen LogP contribution in [-0.4, -0.2) is 75.3 Å². The van der Waals surface area contributed by atoms with Gasteiger partial charge in [0.25, 0.3) is 0 Å². The number of aliphatic hydroxyl groups is 3. The smallest absolute Gasteiger partial charge is 0.338 e. The lowest BCUT2D eigenvalue weighted by atomic mass is 9.43. The molecule has 1 aromatic rings. The van der Waals surface area contributed by atoms with E-state index in [0.29, 0.717) is 12.0 Å². The first-order valence-electron chi connectivity index (χ1n) is 13.5. The van der Waals surface area contributed by atoms with Gasteiger partial charge in [0.05, 0.1) is 24.2 Å². The van der Waals surface area contributed by atoms with Gasteiger partial charge in [0.1, 0.15) is 23.9 Å². The van der Waals surface area contributed by atoms with Crippen molar-refractivity contribution in [2.75, 3.05) is 6.61 Å². The van der Waals surface area contributed by atoms with E-state index in [1.54, 1.807) is 58.0 Å². The minimum atomic E-state index is -1.95. The maximum Gasteiger partial charge on any atom is 0.338 e. The summed E-state index contributed by atoms with van der Waals surface area (Å²) >= 11 is 0. The molecule has 2 unspecified atom stereocenters. The lowest BCUT2D eigenvalue weighted by Gasteiger charge is -2.67. The van der Waals surface area contributed by atoms with Gasteiger partial charge in [-0.05, 0) is 42.5 Å². The van der Waals surface area contributed by atoms with Crippen molar-refractivity contribution in [1.29, 1.82) is 0 Å². The largest absolute Gasteiger partial charge is 0.455 e. The molecule has 2 saturated carbocycles. The van der Waals surface area contributed by atoms with Crippen molar-refractivity contribution in [3.8, 4) is 0 Å². The molecule has 0 aromatic heterocycles. The van der Waals surface area contributed by atoms with Gasteiger partial charge < -0.3 is 29.5 Å². The van der Waals surface area contributed by atoms with Gasteiger partial charge in [-0.25, -0.2) is 4.79 Å². The number of esters is 2. The first kappa shape index (κ1) is 28.0. The zero-order valence-corrected chi connectivity index (χ0v) is 23.3. The Balaban J connectivity index is 1.81. The van der Waals surface area contributed by atoms with Crippen LogP contribution in [0.15, 0.2) is 41.5 Å². The van der Waals surface area contributed by atoms with Crippen molar-refractivity contribution in [3.05, 3.63) is 47.0 Å². The normalized spacial score (nSPS) is 42.7. The standard InChI is InChI=1S/C30H38O9/c1-15-12-20-29(14-37-20,39-17(3)31)23-25(38-26(35)18-10-8-7-9-11-18)30(36)13-19(32)16(2)21(27(30,4)5)22(33)24(34)28(15,23)6/h7-11,15,19-20,22-23,25,32-33,36H,12-14H2,1-6H3/t15-,19-,20+,22+,23?,25?,28+,29-,30+/m0/s1. The zero-order valence-electron chi connectivity index (χ0n) is 23.3. The van der Waals surface area contributed by atoms with E-state index in [9.17, 15) is 29.7 Å². The monoisotopic (exact) mass is 542 g/mol. The van der Waals surface area contributed by atoms with Gasteiger partial charge in [0.15, 0.2) is 11.4 Å². The van der Waals surface area contributed by atoms with Crippen LogP contribution in [0.4, 0.5) is 0 Å². The molecule has 9 nitrogen and oxygen atoms in total. The fourth-order valence-corrected chi connectivity index (χ4v) is 7.96. The molecular formula is C30H38O9. The van der Waals surface area contributed by atoms with Crippen LogP contribution in [0.3, 0.4) is 0 Å². The molecule has 1 saturated heterocycles. The van der Waals surface area contributed by atoms with Crippen LogP contribution < -0.4 is 0 Å². The van der Waals surface area contributed by atoms with E-state index in [0.717, 1.165) is 0 Å². The molecule has 0 amide bonds. The molecule has 0 radical (unpaired) electrons. The number of benzene rings is 1. The van der Waals surface area contributed by atoms with Gasteiger partial charge >= 0.3 is 11.9 Å². The summed E-state index contributed by atoms with van der Waals surface area (Å²) in [5.74, 6) is -3.34. The lowest BCUT2D eigenvalue weighted by molar-refractivity contribution is -0.340. The summed E-state index contributed by atoms with van der Waals surface area (Å²) in [6.45, 7) is 9.76. The second-order valence-corrected chi connectivity index (χ2v) is 12.6. The summed E-state index contributed by atoms with van der Waals surface area (Å²) < 4.78 is 18.1. The van der Waals surface area contributed by atoms with Crippen molar-refractivity contribution >= 4 is 17.7 Å². The number of ether oxygens (including phenoxy) is 3. The van der Waals surface area contributed by atoms with Crippen LogP contribution in [0.25, 0.3) is 0 Å². The molecule has 3 aliphatic carbocycles. The summed E-state index contributed by atoms with van der Waals surface area (Å²) in [5.41, 5.74) is -5.19. The summed E-state index contributed by atoms with van der Waals surface area (Å²) in [4.78, 5) is 40.6. The number of hydrogen-bond acceptors (Lipinski definition) is 9. The van der Waals surface area contributed by atoms with Crippen LogP contribution in [0.1, 0.15) is 64.7 Å². The summed E-state index contributed by atoms with van der Waals surface area (Å²) in [7, 11) is 0. The highest BCUT2D eigenvalue weighted by Gasteiger charge is 2.77. The second kappa shape index (κ2) is 8.96. The molecule has 1 aromatic carbocycles. The van der Waals surface area contributed by atoms with E-state index >= 15 is 0 Å². The SMILES string of the molecule is CC(=O)O[C@@]12CO[C@@H]1C[C@H](C)[C@@]1(C)C(=O)[C@H](O)C3=C(C)[C@@H](O)C[C@@](O)(C(OC(=O)c4ccccc4)C12)C3(C)C. The molecule has 0 spiro atoms. The predicted octanol–water partition coefficient (Wildman–Crippen LogP) is 2.36. The van der Waals surface area contributed by atoms with E-state index < -0.39 is 76.0 Å². The van der Waals surface area contributed by atoms with Crippen LogP contribution in [0, 0.1) is 22.7 Å². The van der Waals surface area contributed by atoms with E-state index in [4.69, 9.17) is 14.2 Å². The summed E-state index contributed by atoms with van der Waals surface area (Å²) in [5, 5.41) is 35.5. The molecule has 39 heavy (non-hydrogen) atoms. The quantitative estimate of drug-likeness (QED) is 0.388. The Hall–Kier alpha value is -2.59. The van der Waals surface area contributed by atoms with Crippen molar-refractivity contribution in [3.63, 3.8) is 0 Å². The first-order chi connectivity index (χ1) is 18.1. The van der Waals surface area contributed by atoms with Crippen LogP contribution in [0.2, 0.25) is 0 Å². The Kier molecular flexibility index (Phi) is 6.42. The van der Waals surface area contributed by atoms with Crippen molar-refractivity contribution < 1.29 is 43.9 Å². The molecule has 3 fully saturated rings. The van der Waals surface area contributed by atoms with Crippen LogP contribution in [0.5, 0.6) is 0 Å². The first-order valence-corrected chi connectivity index (χ1v) is 13.5. The maximum atomic E-state index is 14.4. The molecule has 1 heterocycles. The minimum absolute atomic E-state index is 0.0617. The highest BCUT2D eigenvalue weighted by atomic mass is 16.6. The molecule has 9 atom stereocenters. The predicted molar refractivity (Wildman–Crippen MR) is 138 cm³/mol. The molecule has 2 bridgehead atoms. The second-order valence-electron chi connectivity index (χ2n) is 12.6. The Morgan fingerprint density at radius 3 is 2.31 bits per heavy atom. The van der Waals surface area contributed by atoms with Gasteiger partial charge in [-0.15, -0.1) is 0 Å². The van der Waals surface area contributed by atoms with Gasteiger partial charge in [0.2, 0.25) is 0 Å². The average Bonchev–Trinajstić information content (AvgIpc) is 2.87. The number of fused-ring (bicyclic) bond motifs is 5. The average molecular weight is 543 g/mol. The van der Waals surface area contributed by atoms with Gasteiger partial charge in [-0.2, -0.15) is 0 Å². The fraction of sp³-hybridized carbons (Fsp3) is 0.633. The zero-order chi connectivity index (χ0) is 28.7. The van der Waals surface area contributed by atoms with Crippen LogP contribution in [-0.2, 0) is 23.8 Å². The van der Waals surface area contributed by atoms with Gasteiger partial charge in [0, 0.05) is 24.2 Å². The third kappa shape index (κ3) is 3.63. The maximum absolute atomic E-state index is 14.4. The number of hydrogen-bond donors (Lipinski definition) is 3. The van der Waals surface area contributed by atoms with Gasteiger partial charge in [-0.1, -0.05) is 45.9 Å². The molecule has 212 valence electrons. The summed E-state index contributed by atoms with van der Waals surface area (Å²) in [6, 6.07) is 8.29. The van der Waals surface area contributed by atoms with Crippen molar-refractivity contribution in [2.45, 2.75) is 90.0 Å². The fourth-order valence-electron chi connectivity index (χ4n) is 7.96.